The largest absolute Gasteiger partial charge is 0.381 e. The lowest BCUT2D eigenvalue weighted by Crippen LogP contribution is -2.18. The summed E-state index contributed by atoms with van der Waals surface area (Å²) in [7, 11) is 0. The molecule has 1 aromatic rings. The summed E-state index contributed by atoms with van der Waals surface area (Å²) in [6.45, 7) is 0. The van der Waals surface area contributed by atoms with E-state index in [0.29, 0.717) is 0 Å². The first kappa shape index (κ1) is 9.42. The lowest BCUT2D eigenvalue weighted by molar-refractivity contribution is -0.0424. The van der Waals surface area contributed by atoms with E-state index in [1.807, 2.05) is 0 Å². The van der Waals surface area contributed by atoms with Crippen molar-refractivity contribution in [3.63, 3.8) is 0 Å². The van der Waals surface area contributed by atoms with Gasteiger partial charge >= 0.3 is 5.38 Å². The fourth-order valence-electron chi connectivity index (χ4n) is 0.824. The topological polar surface area (TPSA) is 20.2 Å². The predicted molar refractivity (Wildman–Crippen MR) is 42.2 cm³/mol. The number of aliphatic hydroxyl groups excluding tert-OH is 1. The van der Waals surface area contributed by atoms with Crippen LogP contribution in [0.2, 0.25) is 0 Å². The van der Waals surface area contributed by atoms with Crippen LogP contribution in [0.1, 0.15) is 11.7 Å². The Labute approximate surface area is 73.6 Å². The summed E-state index contributed by atoms with van der Waals surface area (Å²) in [5, 5.41) is 5.37. The van der Waals surface area contributed by atoms with Gasteiger partial charge in [-0.2, -0.15) is 8.78 Å². The van der Waals surface area contributed by atoms with Crippen LogP contribution >= 0.6 is 11.6 Å². The summed E-state index contributed by atoms with van der Waals surface area (Å²) in [5.74, 6) is 0. The van der Waals surface area contributed by atoms with Gasteiger partial charge in [-0.05, 0) is 17.2 Å². The van der Waals surface area contributed by atoms with Gasteiger partial charge in [0.2, 0.25) is 0 Å². The normalized spacial score (nSPS) is 14.3. The molecule has 0 heterocycles. The van der Waals surface area contributed by atoms with E-state index in [9.17, 15) is 8.78 Å². The fraction of sp³-hybridized carbons (Fsp3) is 0.250. The van der Waals surface area contributed by atoms with Gasteiger partial charge in [-0.1, -0.05) is 30.3 Å². The summed E-state index contributed by atoms with van der Waals surface area (Å²) < 4.78 is 24.6. The molecule has 1 rings (SSSR count). The van der Waals surface area contributed by atoms with Crippen molar-refractivity contribution in [3.8, 4) is 0 Å². The first-order valence-electron chi connectivity index (χ1n) is 3.31. The number of aliphatic hydroxyl groups is 1. The van der Waals surface area contributed by atoms with Gasteiger partial charge in [0.15, 0.2) is 6.10 Å². The Bertz CT molecular complexity index is 245. The Morgan fingerprint density at radius 3 is 2.17 bits per heavy atom. The molecule has 0 aliphatic heterocycles. The molecular weight excluding hydrogens is 186 g/mol. The zero-order valence-corrected chi connectivity index (χ0v) is 6.80. The lowest BCUT2D eigenvalue weighted by atomic mass is 10.1. The van der Waals surface area contributed by atoms with Crippen molar-refractivity contribution in [2.24, 2.45) is 0 Å². The van der Waals surface area contributed by atoms with Crippen molar-refractivity contribution >= 4 is 11.6 Å². The molecule has 1 unspecified atom stereocenters. The quantitative estimate of drug-likeness (QED) is 0.714. The van der Waals surface area contributed by atoms with Crippen molar-refractivity contribution in [1.82, 2.24) is 0 Å². The molecular formula is C8H7ClF2O. The van der Waals surface area contributed by atoms with E-state index in [4.69, 9.17) is 5.11 Å². The molecule has 12 heavy (non-hydrogen) atoms. The van der Waals surface area contributed by atoms with E-state index in [1.165, 1.54) is 12.1 Å². The second-order valence-corrected chi connectivity index (χ2v) is 2.86. The van der Waals surface area contributed by atoms with E-state index < -0.39 is 11.5 Å². The molecule has 0 amide bonds. The number of halogens is 3. The SMILES string of the molecule is OC(c1ccccc1)C(F)(F)Cl. The molecule has 0 aromatic heterocycles. The Kier molecular flexibility index (Phi) is 2.65. The van der Waals surface area contributed by atoms with Crippen LogP contribution in [-0.2, 0) is 0 Å². The number of benzene rings is 1. The predicted octanol–water partition coefficient (Wildman–Crippen LogP) is 2.55. The second kappa shape index (κ2) is 3.37. The third-order valence-corrected chi connectivity index (χ3v) is 1.63. The van der Waals surface area contributed by atoms with Gasteiger partial charge in [0.1, 0.15) is 0 Å². The molecule has 0 saturated heterocycles. The van der Waals surface area contributed by atoms with Gasteiger partial charge in [-0.3, -0.25) is 0 Å². The molecule has 1 atom stereocenters. The zero-order chi connectivity index (χ0) is 9.19. The molecule has 0 saturated carbocycles. The highest BCUT2D eigenvalue weighted by Crippen LogP contribution is 2.34. The zero-order valence-electron chi connectivity index (χ0n) is 6.05. The minimum atomic E-state index is -3.61. The van der Waals surface area contributed by atoms with Crippen LogP contribution in [0.25, 0.3) is 0 Å². The van der Waals surface area contributed by atoms with Crippen molar-refractivity contribution in [2.75, 3.05) is 0 Å². The molecule has 0 bridgehead atoms. The van der Waals surface area contributed by atoms with Gasteiger partial charge < -0.3 is 5.11 Å². The monoisotopic (exact) mass is 192 g/mol. The van der Waals surface area contributed by atoms with Crippen molar-refractivity contribution in [3.05, 3.63) is 35.9 Å². The van der Waals surface area contributed by atoms with Gasteiger partial charge in [0.25, 0.3) is 0 Å². The second-order valence-electron chi connectivity index (χ2n) is 2.35. The van der Waals surface area contributed by atoms with Crippen LogP contribution < -0.4 is 0 Å². The number of rotatable bonds is 2. The van der Waals surface area contributed by atoms with E-state index >= 15 is 0 Å². The van der Waals surface area contributed by atoms with Crippen LogP contribution in [0, 0.1) is 0 Å². The standard InChI is InChI=1S/C8H7ClF2O/c9-8(10,11)7(12)6-4-2-1-3-5-6/h1-5,7,12H. The summed E-state index contributed by atoms with van der Waals surface area (Å²) in [6, 6.07) is 7.56. The van der Waals surface area contributed by atoms with Crippen molar-refractivity contribution < 1.29 is 13.9 Å². The Morgan fingerprint density at radius 1 is 1.25 bits per heavy atom. The van der Waals surface area contributed by atoms with Gasteiger partial charge in [-0.15, -0.1) is 0 Å². The highest BCUT2D eigenvalue weighted by molar-refractivity contribution is 6.22. The molecule has 0 radical (unpaired) electrons. The van der Waals surface area contributed by atoms with Crippen LogP contribution in [0.5, 0.6) is 0 Å². The molecule has 1 aromatic carbocycles. The minimum absolute atomic E-state index is 0.109. The van der Waals surface area contributed by atoms with Crippen LogP contribution in [0.15, 0.2) is 30.3 Å². The molecule has 0 aliphatic rings. The highest BCUT2D eigenvalue weighted by Gasteiger charge is 2.36. The van der Waals surface area contributed by atoms with Crippen molar-refractivity contribution in [1.29, 1.82) is 0 Å². The number of hydrogen-bond donors (Lipinski definition) is 1. The lowest BCUT2D eigenvalue weighted by Gasteiger charge is -2.15. The molecule has 4 heteroatoms. The van der Waals surface area contributed by atoms with E-state index in [1.54, 1.807) is 18.2 Å². The van der Waals surface area contributed by atoms with E-state index in [2.05, 4.69) is 11.6 Å². The molecule has 0 aliphatic carbocycles. The molecule has 66 valence electrons. The summed E-state index contributed by atoms with van der Waals surface area (Å²) in [5.41, 5.74) is 0.109. The molecule has 0 spiro atoms. The fourth-order valence-corrected chi connectivity index (χ4v) is 0.950. The number of alkyl halides is 3. The highest BCUT2D eigenvalue weighted by atomic mass is 35.5. The number of hydrogen-bond acceptors (Lipinski definition) is 1. The maximum Gasteiger partial charge on any atom is 0.351 e. The first-order chi connectivity index (χ1) is 5.52. The maximum atomic E-state index is 12.3. The average Bonchev–Trinajstić information content (AvgIpc) is 2.03. The van der Waals surface area contributed by atoms with Crippen LogP contribution in [0.4, 0.5) is 8.78 Å². The van der Waals surface area contributed by atoms with Crippen LogP contribution in [0.3, 0.4) is 0 Å². The van der Waals surface area contributed by atoms with Crippen LogP contribution in [-0.4, -0.2) is 10.5 Å². The third kappa shape index (κ3) is 2.16. The summed E-state index contributed by atoms with van der Waals surface area (Å²) in [6.07, 6.45) is -1.94. The Balaban J connectivity index is 2.86. The third-order valence-electron chi connectivity index (χ3n) is 1.43. The Morgan fingerprint density at radius 2 is 1.75 bits per heavy atom. The van der Waals surface area contributed by atoms with Gasteiger partial charge in [-0.25, -0.2) is 0 Å². The van der Waals surface area contributed by atoms with Gasteiger partial charge in [0.05, 0.1) is 0 Å². The molecule has 0 fully saturated rings. The average molecular weight is 193 g/mol. The van der Waals surface area contributed by atoms with Gasteiger partial charge in [0, 0.05) is 0 Å². The summed E-state index contributed by atoms with van der Waals surface area (Å²) >= 11 is 4.63. The van der Waals surface area contributed by atoms with E-state index in [-0.39, 0.29) is 5.56 Å². The first-order valence-corrected chi connectivity index (χ1v) is 3.69. The minimum Gasteiger partial charge on any atom is -0.381 e. The smallest absolute Gasteiger partial charge is 0.351 e. The van der Waals surface area contributed by atoms with E-state index in [0.717, 1.165) is 0 Å². The Hall–Kier alpha value is -0.670. The molecule has 1 N–H and O–H groups in total. The molecule has 1 nitrogen and oxygen atoms in total. The maximum absolute atomic E-state index is 12.3. The van der Waals surface area contributed by atoms with Crippen molar-refractivity contribution in [2.45, 2.75) is 11.5 Å². The summed E-state index contributed by atoms with van der Waals surface area (Å²) in [4.78, 5) is 0.